The lowest BCUT2D eigenvalue weighted by molar-refractivity contribution is -0.121. The smallest absolute Gasteiger partial charge is 0.255 e. The number of hydrazone groups is 1. The number of likely N-dealkylation sites (N-methyl/N-ethyl adjacent to an activating group) is 1. The number of rotatable bonds is 9. The van der Waals surface area contributed by atoms with E-state index in [4.69, 9.17) is 25.8 Å². The number of hydrogen-bond acceptors (Lipinski definition) is 7. The monoisotopic (exact) mass is 455 g/mol. The Kier molecular flexibility index (Phi) is 8.04. The molecule has 0 radical (unpaired) electrons. The summed E-state index contributed by atoms with van der Waals surface area (Å²) in [6.07, 6.45) is 1.40. The van der Waals surface area contributed by atoms with Crippen molar-refractivity contribution in [1.29, 1.82) is 0 Å². The zero-order valence-electron chi connectivity index (χ0n) is 16.9. The number of halogens is 1. The molecule has 30 heavy (non-hydrogen) atoms. The van der Waals surface area contributed by atoms with E-state index in [1.54, 1.807) is 18.2 Å². The molecule has 0 atom stereocenters. The first-order valence-electron chi connectivity index (χ1n) is 8.56. The molecule has 0 aliphatic heterocycles. The third-order valence-corrected chi connectivity index (χ3v) is 6.10. The van der Waals surface area contributed by atoms with Gasteiger partial charge in [0.2, 0.25) is 10.0 Å². The van der Waals surface area contributed by atoms with Crippen molar-refractivity contribution in [3.8, 4) is 17.2 Å². The predicted molar refractivity (Wildman–Crippen MR) is 113 cm³/mol. The van der Waals surface area contributed by atoms with Crippen LogP contribution in [0.4, 0.5) is 0 Å². The van der Waals surface area contributed by atoms with E-state index in [0.29, 0.717) is 22.8 Å². The summed E-state index contributed by atoms with van der Waals surface area (Å²) in [5.74, 6) is 0.804. The molecule has 0 fully saturated rings. The Labute approximate surface area is 180 Å². The molecular formula is C19H22ClN3O6S. The number of hydrogen-bond donors (Lipinski definition) is 1. The first-order valence-corrected chi connectivity index (χ1v) is 10.4. The van der Waals surface area contributed by atoms with Crippen LogP contribution in [-0.2, 0) is 14.8 Å². The van der Waals surface area contributed by atoms with E-state index in [9.17, 15) is 13.2 Å². The minimum absolute atomic E-state index is 0.0579. The maximum Gasteiger partial charge on any atom is 0.255 e. The lowest BCUT2D eigenvalue weighted by atomic mass is 10.2. The fourth-order valence-electron chi connectivity index (χ4n) is 2.42. The molecule has 0 aliphatic rings. The van der Waals surface area contributed by atoms with Crippen molar-refractivity contribution in [3.05, 3.63) is 47.0 Å². The fourth-order valence-corrected chi connectivity index (χ4v) is 3.90. The third-order valence-electron chi connectivity index (χ3n) is 4.01. The van der Waals surface area contributed by atoms with E-state index in [-0.39, 0.29) is 9.92 Å². The molecule has 0 saturated carbocycles. The van der Waals surface area contributed by atoms with Crippen LogP contribution in [0.2, 0.25) is 5.02 Å². The number of carbonyl (C=O) groups is 1. The van der Waals surface area contributed by atoms with E-state index in [1.807, 2.05) is 0 Å². The van der Waals surface area contributed by atoms with Gasteiger partial charge in [-0.1, -0.05) is 11.6 Å². The third kappa shape index (κ3) is 5.62. The van der Waals surface area contributed by atoms with Crippen molar-refractivity contribution < 1.29 is 27.4 Å². The topological polar surface area (TPSA) is 107 Å². The van der Waals surface area contributed by atoms with E-state index in [1.165, 1.54) is 52.8 Å². The van der Waals surface area contributed by atoms with E-state index in [2.05, 4.69) is 10.5 Å². The highest BCUT2D eigenvalue weighted by Gasteiger charge is 2.23. The Bertz CT molecular complexity index is 1040. The van der Waals surface area contributed by atoms with Gasteiger partial charge in [-0.3, -0.25) is 4.79 Å². The van der Waals surface area contributed by atoms with Gasteiger partial charge in [-0.25, -0.2) is 13.8 Å². The lowest BCUT2D eigenvalue weighted by Gasteiger charge is -2.16. The van der Waals surface area contributed by atoms with Crippen LogP contribution < -0.4 is 19.6 Å². The molecule has 0 heterocycles. The fraction of sp³-hybridized carbons (Fsp3) is 0.263. The van der Waals surface area contributed by atoms with Crippen molar-refractivity contribution >= 4 is 33.7 Å². The number of nitrogens with zero attached hydrogens (tertiary/aromatic N) is 2. The van der Waals surface area contributed by atoms with Crippen LogP contribution in [0, 0.1) is 0 Å². The van der Waals surface area contributed by atoms with Crippen LogP contribution in [-0.4, -0.2) is 59.8 Å². The average molecular weight is 456 g/mol. The van der Waals surface area contributed by atoms with Crippen molar-refractivity contribution in [3.63, 3.8) is 0 Å². The zero-order chi connectivity index (χ0) is 22.3. The number of nitrogens with one attached hydrogen (secondary N) is 1. The van der Waals surface area contributed by atoms with Crippen LogP contribution in [0.15, 0.2) is 46.4 Å². The maximum atomic E-state index is 12.6. The Morgan fingerprint density at radius 3 is 2.30 bits per heavy atom. The number of carbonyl (C=O) groups excluding carboxylic acids is 1. The largest absolute Gasteiger partial charge is 0.495 e. The minimum atomic E-state index is -3.93. The standard InChI is InChI=1S/C19H22ClN3O6S/c1-23(30(25,26)14-6-8-16(27-2)15(20)10-14)12-19(24)22-21-11-13-5-7-17(28-3)18(9-13)29-4/h5-11H,12H2,1-4H3,(H,22,24)/b21-11-. The van der Waals surface area contributed by atoms with Gasteiger partial charge in [0, 0.05) is 7.05 Å². The van der Waals surface area contributed by atoms with Crippen molar-refractivity contribution in [2.75, 3.05) is 34.9 Å². The highest BCUT2D eigenvalue weighted by atomic mass is 35.5. The predicted octanol–water partition coefficient (Wildman–Crippen LogP) is 2.14. The molecule has 0 aromatic heterocycles. The summed E-state index contributed by atoms with van der Waals surface area (Å²) >= 11 is 5.99. The summed E-state index contributed by atoms with van der Waals surface area (Å²) in [4.78, 5) is 12.0. The lowest BCUT2D eigenvalue weighted by Crippen LogP contribution is -2.36. The molecule has 1 N–H and O–H groups in total. The molecule has 0 bridgehead atoms. The van der Waals surface area contributed by atoms with Gasteiger partial charge >= 0.3 is 0 Å². The van der Waals surface area contributed by atoms with Gasteiger partial charge in [-0.15, -0.1) is 0 Å². The van der Waals surface area contributed by atoms with Crippen LogP contribution >= 0.6 is 11.6 Å². The Balaban J connectivity index is 2.01. The van der Waals surface area contributed by atoms with E-state index < -0.39 is 22.5 Å². The van der Waals surface area contributed by atoms with E-state index in [0.717, 1.165) is 4.31 Å². The van der Waals surface area contributed by atoms with Gasteiger partial charge in [-0.2, -0.15) is 9.41 Å². The molecule has 0 unspecified atom stereocenters. The van der Waals surface area contributed by atoms with Crippen LogP contribution in [0.1, 0.15) is 5.56 Å². The molecular weight excluding hydrogens is 434 g/mol. The minimum Gasteiger partial charge on any atom is -0.495 e. The molecule has 11 heteroatoms. The number of ether oxygens (including phenoxy) is 3. The number of sulfonamides is 1. The van der Waals surface area contributed by atoms with Gasteiger partial charge in [0.25, 0.3) is 5.91 Å². The van der Waals surface area contributed by atoms with Crippen molar-refractivity contribution in [1.82, 2.24) is 9.73 Å². The van der Waals surface area contributed by atoms with E-state index >= 15 is 0 Å². The number of benzene rings is 2. The number of amides is 1. The van der Waals surface area contributed by atoms with Gasteiger partial charge in [-0.05, 0) is 42.0 Å². The Morgan fingerprint density at radius 1 is 1.07 bits per heavy atom. The molecule has 2 aromatic rings. The first-order chi connectivity index (χ1) is 14.2. The molecule has 0 spiro atoms. The number of methoxy groups -OCH3 is 3. The normalized spacial score (nSPS) is 11.5. The second-order valence-corrected chi connectivity index (χ2v) is 8.42. The first kappa shape index (κ1) is 23.5. The second-order valence-electron chi connectivity index (χ2n) is 5.97. The molecule has 162 valence electrons. The van der Waals surface area contributed by atoms with Crippen molar-refractivity contribution in [2.45, 2.75) is 4.90 Å². The molecule has 0 saturated heterocycles. The van der Waals surface area contributed by atoms with Gasteiger partial charge in [0.15, 0.2) is 11.5 Å². The SMILES string of the molecule is COc1ccc(S(=O)(=O)N(C)CC(=O)N/N=C\c2ccc(OC)c(OC)c2)cc1Cl. The molecule has 0 aliphatic carbocycles. The second kappa shape index (κ2) is 10.3. The van der Waals surface area contributed by atoms with Gasteiger partial charge < -0.3 is 14.2 Å². The molecule has 2 rings (SSSR count). The maximum absolute atomic E-state index is 12.6. The zero-order valence-corrected chi connectivity index (χ0v) is 18.5. The average Bonchev–Trinajstić information content (AvgIpc) is 2.73. The summed E-state index contributed by atoms with van der Waals surface area (Å²) in [5, 5.41) is 3.99. The van der Waals surface area contributed by atoms with Crippen LogP contribution in [0.25, 0.3) is 0 Å². The molecule has 9 nitrogen and oxygen atoms in total. The van der Waals surface area contributed by atoms with Crippen LogP contribution in [0.3, 0.4) is 0 Å². The molecule has 1 amide bonds. The summed E-state index contributed by atoms with van der Waals surface area (Å²) in [6.45, 7) is -0.435. The highest BCUT2D eigenvalue weighted by Crippen LogP contribution is 2.28. The summed E-state index contributed by atoms with van der Waals surface area (Å²) < 4.78 is 41.5. The van der Waals surface area contributed by atoms with Crippen molar-refractivity contribution in [2.24, 2.45) is 5.10 Å². The van der Waals surface area contributed by atoms with Gasteiger partial charge in [0.05, 0.1) is 44.0 Å². The summed E-state index contributed by atoms with van der Waals surface area (Å²) in [5.41, 5.74) is 2.94. The molecule has 2 aromatic carbocycles. The highest BCUT2D eigenvalue weighted by molar-refractivity contribution is 7.89. The summed E-state index contributed by atoms with van der Waals surface area (Å²) in [7, 11) is 1.81. The summed E-state index contributed by atoms with van der Waals surface area (Å²) in [6, 6.07) is 9.15. The van der Waals surface area contributed by atoms with Crippen LogP contribution in [0.5, 0.6) is 17.2 Å². The Hall–Kier alpha value is -2.82. The van der Waals surface area contributed by atoms with Gasteiger partial charge in [0.1, 0.15) is 5.75 Å². The quantitative estimate of drug-likeness (QED) is 0.458. The Morgan fingerprint density at radius 2 is 1.70 bits per heavy atom.